The molecule has 4 unspecified atom stereocenters. The van der Waals surface area contributed by atoms with Crippen LogP contribution in [0, 0.1) is 0 Å². The smallest absolute Gasteiger partial charge is 0.383 e. The van der Waals surface area contributed by atoms with Crippen molar-refractivity contribution in [1.82, 2.24) is 37.4 Å². The predicted octanol–water partition coefficient (Wildman–Crippen LogP) is -3.12. The van der Waals surface area contributed by atoms with Crippen molar-refractivity contribution in [3.8, 4) is 5.75 Å². The van der Waals surface area contributed by atoms with Crippen LogP contribution >= 0.6 is 0 Å². The highest BCUT2D eigenvalue weighted by Gasteiger charge is 2.75. The molecule has 0 aromatic heterocycles. The average molecular weight is 633 g/mol. The van der Waals surface area contributed by atoms with Crippen LogP contribution in [0.1, 0.15) is 24.0 Å². The van der Waals surface area contributed by atoms with Crippen LogP contribution in [0.15, 0.2) is 41.0 Å². The van der Waals surface area contributed by atoms with Crippen molar-refractivity contribution >= 4 is 41.4 Å². The number of amides is 7. The standard InChI is InChI=1S/C25H15F4N7O9/c26-15(27)23(28,29)20(43)34-24-13-11-12-14-25(24)35-18(41)22(4-9(37)30-14,19(42)36-45-25)7-3-6(1-2-8(7)44-12)21(16(39)31-11,17(40)32-13)5-10(38)33-24/h1-3,15H,4-5H2,(H,30,37)(H,31,39)(H,32,40)(H,33,38)(H,34,43)(H,35,41)(H,36,42). The largest absolute Gasteiger partial charge is 0.453 e. The van der Waals surface area contributed by atoms with E-state index in [1.807, 2.05) is 5.48 Å². The highest BCUT2D eigenvalue weighted by molar-refractivity contribution is 6.19. The van der Waals surface area contributed by atoms with Gasteiger partial charge in [0.1, 0.15) is 17.1 Å². The summed E-state index contributed by atoms with van der Waals surface area (Å²) in [6, 6.07) is 3.48. The lowest BCUT2D eigenvalue weighted by molar-refractivity contribution is -0.188. The molecule has 1 aromatic rings. The number of fused-ring (bicyclic) bond motifs is 4. The summed E-state index contributed by atoms with van der Waals surface area (Å²) in [7, 11) is 0. The molecule has 16 nitrogen and oxygen atoms in total. The Balaban J connectivity index is 1.60. The summed E-state index contributed by atoms with van der Waals surface area (Å²) in [5, 5.41) is 13.0. The zero-order valence-corrected chi connectivity index (χ0v) is 21.9. The van der Waals surface area contributed by atoms with Crippen molar-refractivity contribution in [2.24, 2.45) is 0 Å². The minimum atomic E-state index is -5.47. The molecule has 45 heavy (non-hydrogen) atoms. The van der Waals surface area contributed by atoms with Gasteiger partial charge in [-0.2, -0.15) is 8.78 Å². The van der Waals surface area contributed by atoms with Crippen molar-refractivity contribution in [2.75, 3.05) is 0 Å². The summed E-state index contributed by atoms with van der Waals surface area (Å²) < 4.78 is 62.3. The summed E-state index contributed by atoms with van der Waals surface area (Å²) in [4.78, 5) is 103. The van der Waals surface area contributed by atoms with E-state index in [1.165, 1.54) is 12.1 Å². The van der Waals surface area contributed by atoms with E-state index < -0.39 is 112 Å². The van der Waals surface area contributed by atoms with Crippen LogP contribution in [0.5, 0.6) is 5.75 Å². The third-order valence-corrected chi connectivity index (χ3v) is 9.04. The van der Waals surface area contributed by atoms with Gasteiger partial charge in [-0.3, -0.25) is 33.6 Å². The van der Waals surface area contributed by atoms with Crippen molar-refractivity contribution in [1.29, 1.82) is 0 Å². The maximum Gasteiger partial charge on any atom is 0.383 e. The fourth-order valence-electron chi connectivity index (χ4n) is 6.86. The Labute approximate surface area is 245 Å². The molecule has 10 rings (SSSR count). The zero-order chi connectivity index (χ0) is 32.1. The van der Waals surface area contributed by atoms with Gasteiger partial charge in [-0.15, -0.1) is 0 Å². The number of benzene rings is 1. The Hall–Kier alpha value is -5.53. The minimum Gasteiger partial charge on any atom is -0.453 e. The Kier molecular flexibility index (Phi) is 4.66. The molecule has 4 atom stereocenters. The molecule has 232 valence electrons. The van der Waals surface area contributed by atoms with Crippen LogP contribution in [0.4, 0.5) is 17.6 Å². The molecule has 20 heteroatoms. The van der Waals surface area contributed by atoms with E-state index in [-0.39, 0.29) is 16.9 Å². The Morgan fingerprint density at radius 1 is 0.867 bits per heavy atom. The van der Waals surface area contributed by atoms with Gasteiger partial charge in [-0.1, -0.05) is 6.07 Å². The number of alkyl halides is 4. The third kappa shape index (κ3) is 2.79. The first-order valence-corrected chi connectivity index (χ1v) is 13.0. The van der Waals surface area contributed by atoms with Gasteiger partial charge in [-0.25, -0.2) is 19.1 Å². The van der Waals surface area contributed by atoms with E-state index in [2.05, 4.69) is 26.6 Å². The third-order valence-electron chi connectivity index (χ3n) is 9.04. The average Bonchev–Trinajstić information content (AvgIpc) is 3.05. The molecule has 7 N–H and O–H groups in total. The highest BCUT2D eigenvalue weighted by Crippen LogP contribution is 2.53. The summed E-state index contributed by atoms with van der Waals surface area (Å²) in [5.74, 6) is -16.7. The Morgan fingerprint density at radius 2 is 1.58 bits per heavy atom. The molecule has 8 heterocycles. The number of halogens is 4. The summed E-state index contributed by atoms with van der Waals surface area (Å²) in [5.41, 5.74) is -12.6. The van der Waals surface area contributed by atoms with E-state index in [0.717, 1.165) is 6.07 Å². The lowest BCUT2D eigenvalue weighted by Crippen LogP contribution is -2.85. The topological polar surface area (TPSA) is 222 Å². The number of hydrogen-bond acceptors (Lipinski definition) is 9. The molecule has 3 spiro atoms. The second kappa shape index (κ2) is 7.75. The predicted molar refractivity (Wildman–Crippen MR) is 128 cm³/mol. The molecule has 1 aliphatic carbocycles. The molecular formula is C25H15F4N7O9. The second-order valence-corrected chi connectivity index (χ2v) is 11.2. The fraction of sp³-hybridized carbons (Fsp3) is 0.320. The monoisotopic (exact) mass is 633 g/mol. The van der Waals surface area contributed by atoms with Gasteiger partial charge in [-0.05, 0) is 17.7 Å². The Bertz CT molecular complexity index is 1880. The van der Waals surface area contributed by atoms with E-state index >= 15 is 0 Å². The second-order valence-electron chi connectivity index (χ2n) is 11.2. The molecular weight excluding hydrogens is 618 g/mol. The molecule has 3 fully saturated rings. The van der Waals surface area contributed by atoms with Gasteiger partial charge in [0.05, 0.1) is 18.5 Å². The van der Waals surface area contributed by atoms with E-state index in [9.17, 15) is 51.1 Å². The molecule has 0 saturated carbocycles. The van der Waals surface area contributed by atoms with Gasteiger partial charge in [0, 0.05) is 5.56 Å². The molecule has 9 aliphatic rings. The number of carbonyl (C=O) groups is 7. The lowest BCUT2D eigenvalue weighted by atomic mass is 9.69. The highest BCUT2D eigenvalue weighted by atomic mass is 19.3. The van der Waals surface area contributed by atoms with Crippen molar-refractivity contribution < 1.29 is 60.7 Å². The van der Waals surface area contributed by atoms with Crippen LogP contribution in [-0.4, -0.2) is 65.1 Å². The SMILES string of the molecule is O=C1CC23C(=O)NOC4(NC2=O)C(=C2Oc5ccc(cc53)C35CC(=O)NC4(NC(=O)C(F)(F)C(F)F)C(=C2NC3=O)NC5=O)N1. The molecule has 10 bridgehead atoms. The number of carbonyl (C=O) groups excluding carboxylic acids is 7. The summed E-state index contributed by atoms with van der Waals surface area (Å²) >= 11 is 0. The number of nitrogens with one attached hydrogen (secondary N) is 7. The molecule has 8 aliphatic heterocycles. The fourth-order valence-corrected chi connectivity index (χ4v) is 6.86. The van der Waals surface area contributed by atoms with Crippen LogP contribution in [0.3, 0.4) is 0 Å². The molecule has 1 aromatic carbocycles. The van der Waals surface area contributed by atoms with Gasteiger partial charge < -0.3 is 36.6 Å². The number of hydrogen-bond donors (Lipinski definition) is 7. The van der Waals surface area contributed by atoms with Crippen molar-refractivity contribution in [3.05, 3.63) is 52.2 Å². The molecule has 0 radical (unpaired) electrons. The van der Waals surface area contributed by atoms with E-state index in [0.29, 0.717) is 0 Å². The van der Waals surface area contributed by atoms with Gasteiger partial charge in [0.15, 0.2) is 16.6 Å². The maximum atomic E-state index is 14.6. The zero-order valence-electron chi connectivity index (χ0n) is 21.9. The number of ether oxygens (including phenoxy) is 1. The first-order valence-electron chi connectivity index (χ1n) is 13.0. The van der Waals surface area contributed by atoms with Crippen LogP contribution < -0.4 is 42.1 Å². The maximum absolute atomic E-state index is 14.6. The lowest BCUT2D eigenvalue weighted by Gasteiger charge is -2.53. The van der Waals surface area contributed by atoms with Crippen molar-refractivity contribution in [2.45, 2.75) is 47.4 Å². The summed E-state index contributed by atoms with van der Waals surface area (Å²) in [6.45, 7) is 0. The van der Waals surface area contributed by atoms with Gasteiger partial charge >= 0.3 is 12.3 Å². The van der Waals surface area contributed by atoms with Crippen LogP contribution in [0.25, 0.3) is 0 Å². The molecule has 3 saturated heterocycles. The first kappa shape index (κ1) is 27.0. The summed E-state index contributed by atoms with van der Waals surface area (Å²) in [6.07, 6.45) is -6.63. The van der Waals surface area contributed by atoms with Crippen molar-refractivity contribution in [3.63, 3.8) is 0 Å². The van der Waals surface area contributed by atoms with Crippen LogP contribution in [0.2, 0.25) is 0 Å². The normalized spacial score (nSPS) is 33.7. The Morgan fingerprint density at radius 3 is 2.31 bits per heavy atom. The van der Waals surface area contributed by atoms with E-state index in [4.69, 9.17) is 9.57 Å². The van der Waals surface area contributed by atoms with Gasteiger partial charge in [0.2, 0.25) is 35.2 Å². The van der Waals surface area contributed by atoms with Gasteiger partial charge in [0.25, 0.3) is 17.5 Å². The minimum absolute atomic E-state index is 0.249. The quantitative estimate of drug-likeness (QED) is 0.132. The van der Waals surface area contributed by atoms with Crippen LogP contribution in [-0.2, 0) is 49.2 Å². The first-order chi connectivity index (χ1) is 21.1. The number of hydroxylamine groups is 1. The molecule has 7 amide bonds. The van der Waals surface area contributed by atoms with E-state index in [1.54, 1.807) is 5.32 Å². The number of rotatable bonds is 3.